The first-order chi connectivity index (χ1) is 7.24. The zero-order chi connectivity index (χ0) is 12.7. The maximum atomic E-state index is 4.07. The van der Waals surface area contributed by atoms with Gasteiger partial charge >= 0.3 is 0 Å². The lowest BCUT2D eigenvalue weighted by molar-refractivity contribution is 0.894. The summed E-state index contributed by atoms with van der Waals surface area (Å²) in [6.45, 7) is 15.7. The van der Waals surface area contributed by atoms with Crippen molar-refractivity contribution in [3.8, 4) is 0 Å². The van der Waals surface area contributed by atoms with Crippen LogP contribution in [0.5, 0.6) is 0 Å². The lowest BCUT2D eigenvalue weighted by Crippen LogP contribution is -2.01. The van der Waals surface area contributed by atoms with Crippen LogP contribution in [0.1, 0.15) is 48.0 Å². The molecule has 1 N–H and O–H groups in total. The van der Waals surface area contributed by atoms with Crippen molar-refractivity contribution < 1.29 is 0 Å². The van der Waals surface area contributed by atoms with Crippen molar-refractivity contribution >= 4 is 5.71 Å². The minimum atomic E-state index is 0.937. The summed E-state index contributed by atoms with van der Waals surface area (Å²) in [7, 11) is 1.80. The Hall–Kier alpha value is -1.05. The SMILES string of the molecule is C=C/C(C)=C\C(CC)=N/NC.CC.CC. The maximum absolute atomic E-state index is 4.07. The van der Waals surface area contributed by atoms with E-state index in [0.29, 0.717) is 0 Å². The first-order valence-electron chi connectivity index (χ1n) is 5.78. The molecule has 0 aliphatic heterocycles. The summed E-state index contributed by atoms with van der Waals surface area (Å²) in [4.78, 5) is 0. The first-order valence-corrected chi connectivity index (χ1v) is 5.78. The molecular weight excluding hydrogens is 184 g/mol. The summed E-state index contributed by atoms with van der Waals surface area (Å²) < 4.78 is 0. The molecule has 0 heterocycles. The molecule has 0 aromatic carbocycles. The van der Waals surface area contributed by atoms with E-state index in [-0.39, 0.29) is 0 Å². The Kier molecular flexibility index (Phi) is 24.3. The van der Waals surface area contributed by atoms with Gasteiger partial charge in [-0.3, -0.25) is 0 Å². The number of nitrogens with zero attached hydrogens (tertiary/aromatic N) is 1. The summed E-state index contributed by atoms with van der Waals surface area (Å²) in [6, 6.07) is 0. The molecule has 0 spiro atoms. The minimum Gasteiger partial charge on any atom is -0.313 e. The quantitative estimate of drug-likeness (QED) is 0.422. The fourth-order valence-electron chi connectivity index (χ4n) is 0.679. The Labute approximate surface area is 96.2 Å². The molecule has 0 saturated heterocycles. The molecule has 0 atom stereocenters. The van der Waals surface area contributed by atoms with Crippen molar-refractivity contribution in [1.29, 1.82) is 0 Å². The first kappa shape index (κ1) is 19.5. The van der Waals surface area contributed by atoms with Crippen LogP contribution < -0.4 is 5.43 Å². The van der Waals surface area contributed by atoms with E-state index in [9.17, 15) is 0 Å². The van der Waals surface area contributed by atoms with Crippen LogP contribution in [0.3, 0.4) is 0 Å². The van der Waals surface area contributed by atoms with E-state index in [1.54, 1.807) is 7.05 Å². The van der Waals surface area contributed by atoms with Crippen LogP contribution in [0.25, 0.3) is 0 Å². The predicted octanol–water partition coefficient (Wildman–Crippen LogP) is 4.16. The Morgan fingerprint density at radius 2 is 1.73 bits per heavy atom. The molecule has 2 heteroatoms. The van der Waals surface area contributed by atoms with Crippen molar-refractivity contribution in [2.24, 2.45) is 5.10 Å². The van der Waals surface area contributed by atoms with Crippen LogP contribution in [-0.2, 0) is 0 Å². The van der Waals surface area contributed by atoms with Gasteiger partial charge < -0.3 is 5.43 Å². The third-order valence-electron chi connectivity index (χ3n) is 1.33. The van der Waals surface area contributed by atoms with Crippen molar-refractivity contribution in [2.45, 2.75) is 48.0 Å². The molecule has 0 aromatic heterocycles. The largest absolute Gasteiger partial charge is 0.313 e. The average Bonchev–Trinajstić information content (AvgIpc) is 2.33. The Bertz CT molecular complexity index is 179. The number of hydrazone groups is 1. The monoisotopic (exact) mass is 212 g/mol. The number of hydrogen-bond acceptors (Lipinski definition) is 2. The number of allylic oxidation sites excluding steroid dienone is 3. The van der Waals surface area contributed by atoms with Gasteiger partial charge in [-0.05, 0) is 25.0 Å². The van der Waals surface area contributed by atoms with Crippen LogP contribution in [0.2, 0.25) is 0 Å². The zero-order valence-corrected chi connectivity index (χ0v) is 11.5. The van der Waals surface area contributed by atoms with Gasteiger partial charge in [-0.1, -0.05) is 47.3 Å². The summed E-state index contributed by atoms with van der Waals surface area (Å²) in [5, 5.41) is 4.07. The minimum absolute atomic E-state index is 0.937. The number of rotatable bonds is 4. The second kappa shape index (κ2) is 18.7. The molecular formula is C13H28N2. The fraction of sp³-hybridized carbons (Fsp3) is 0.615. The second-order valence-corrected chi connectivity index (χ2v) is 2.27. The lowest BCUT2D eigenvalue weighted by Gasteiger charge is -1.96. The van der Waals surface area contributed by atoms with E-state index in [0.717, 1.165) is 17.7 Å². The van der Waals surface area contributed by atoms with Crippen LogP contribution in [0.15, 0.2) is 29.4 Å². The van der Waals surface area contributed by atoms with Crippen LogP contribution in [-0.4, -0.2) is 12.8 Å². The highest BCUT2D eigenvalue weighted by Gasteiger charge is 1.89. The van der Waals surface area contributed by atoms with E-state index in [4.69, 9.17) is 0 Å². The molecule has 2 nitrogen and oxygen atoms in total. The molecule has 0 saturated carbocycles. The second-order valence-electron chi connectivity index (χ2n) is 2.27. The van der Waals surface area contributed by atoms with Crippen LogP contribution in [0.4, 0.5) is 0 Å². The molecule has 90 valence electrons. The fourth-order valence-corrected chi connectivity index (χ4v) is 0.679. The van der Waals surface area contributed by atoms with Crippen molar-refractivity contribution in [3.63, 3.8) is 0 Å². The Morgan fingerprint density at radius 3 is 2.00 bits per heavy atom. The topological polar surface area (TPSA) is 24.4 Å². The van der Waals surface area contributed by atoms with E-state index < -0.39 is 0 Å². The molecule has 0 bridgehead atoms. The number of nitrogens with one attached hydrogen (secondary N) is 1. The van der Waals surface area contributed by atoms with Crippen molar-refractivity contribution in [3.05, 3.63) is 24.3 Å². The van der Waals surface area contributed by atoms with Gasteiger partial charge in [0.1, 0.15) is 0 Å². The van der Waals surface area contributed by atoms with Gasteiger partial charge in [0, 0.05) is 7.05 Å². The van der Waals surface area contributed by atoms with Gasteiger partial charge in [0.05, 0.1) is 5.71 Å². The molecule has 0 radical (unpaired) electrons. The normalized spacial score (nSPS) is 10.3. The van der Waals surface area contributed by atoms with Gasteiger partial charge in [-0.15, -0.1) is 0 Å². The van der Waals surface area contributed by atoms with Crippen molar-refractivity contribution in [1.82, 2.24) is 5.43 Å². The van der Waals surface area contributed by atoms with E-state index in [1.807, 2.05) is 46.8 Å². The predicted molar refractivity (Wildman–Crippen MR) is 73.4 cm³/mol. The lowest BCUT2D eigenvalue weighted by atomic mass is 10.2. The zero-order valence-electron chi connectivity index (χ0n) is 11.5. The summed E-state index contributed by atoms with van der Waals surface area (Å²) in [6.07, 6.45) is 4.77. The van der Waals surface area contributed by atoms with E-state index >= 15 is 0 Å². The smallest absolute Gasteiger partial charge is 0.0602 e. The highest BCUT2D eigenvalue weighted by atomic mass is 15.3. The summed E-state index contributed by atoms with van der Waals surface area (Å²) >= 11 is 0. The molecule has 0 unspecified atom stereocenters. The summed E-state index contributed by atoms with van der Waals surface area (Å²) in [5.41, 5.74) is 4.94. The van der Waals surface area contributed by atoms with Gasteiger partial charge in [-0.25, -0.2) is 0 Å². The molecule has 0 amide bonds. The van der Waals surface area contributed by atoms with E-state index in [1.165, 1.54) is 0 Å². The highest BCUT2D eigenvalue weighted by Crippen LogP contribution is 1.96. The van der Waals surface area contributed by atoms with Gasteiger partial charge in [0.2, 0.25) is 0 Å². The third-order valence-corrected chi connectivity index (χ3v) is 1.33. The highest BCUT2D eigenvalue weighted by molar-refractivity contribution is 5.95. The summed E-state index contributed by atoms with van der Waals surface area (Å²) in [5.74, 6) is 0. The average molecular weight is 212 g/mol. The van der Waals surface area contributed by atoms with Gasteiger partial charge in [-0.2, -0.15) is 5.10 Å². The maximum Gasteiger partial charge on any atom is 0.0602 e. The van der Waals surface area contributed by atoms with Crippen molar-refractivity contribution in [2.75, 3.05) is 7.05 Å². The molecule has 0 aliphatic rings. The molecule has 0 aromatic rings. The Morgan fingerprint density at radius 1 is 1.27 bits per heavy atom. The molecule has 0 aliphatic carbocycles. The van der Waals surface area contributed by atoms with Gasteiger partial charge in [0.15, 0.2) is 0 Å². The molecule has 15 heavy (non-hydrogen) atoms. The van der Waals surface area contributed by atoms with Gasteiger partial charge in [0.25, 0.3) is 0 Å². The Balaban J connectivity index is -0.000000318. The molecule has 0 rings (SSSR count). The number of hydrogen-bond donors (Lipinski definition) is 1. The molecule has 0 fully saturated rings. The third kappa shape index (κ3) is 15.7. The van der Waals surface area contributed by atoms with Crippen LogP contribution >= 0.6 is 0 Å². The standard InChI is InChI=1S/C9H16N2.2C2H6/c1-5-8(3)7-9(6-2)11-10-4;2*1-2/h5,7,10H,1,6H2,2-4H3;2*1-2H3/b8-7-,11-9-;;. The van der Waals surface area contributed by atoms with Crippen LogP contribution in [0, 0.1) is 0 Å². The van der Waals surface area contributed by atoms with E-state index in [2.05, 4.69) is 24.0 Å².